The van der Waals surface area contributed by atoms with Crippen LogP contribution in [-0.4, -0.2) is 26.7 Å². The quantitative estimate of drug-likeness (QED) is 0.870. The Morgan fingerprint density at radius 2 is 2.00 bits per heavy atom. The highest BCUT2D eigenvalue weighted by Gasteiger charge is 2.17. The van der Waals surface area contributed by atoms with Gasteiger partial charge in [-0.1, -0.05) is 0 Å². The van der Waals surface area contributed by atoms with Crippen molar-refractivity contribution in [2.24, 2.45) is 0 Å². The van der Waals surface area contributed by atoms with E-state index in [0.717, 1.165) is 34.8 Å². The minimum atomic E-state index is 0.0243. The first-order valence-corrected chi connectivity index (χ1v) is 9.13. The first-order chi connectivity index (χ1) is 11.7. The van der Waals surface area contributed by atoms with Crippen LogP contribution in [0.25, 0.3) is 0 Å². The number of carbonyl (C=O) groups excluding carboxylic acids is 1. The number of rotatable bonds is 6. The van der Waals surface area contributed by atoms with E-state index in [4.69, 9.17) is 9.47 Å². The Morgan fingerprint density at radius 3 is 2.75 bits per heavy atom. The van der Waals surface area contributed by atoms with Gasteiger partial charge in [0.2, 0.25) is 0 Å². The molecule has 0 radical (unpaired) electrons. The van der Waals surface area contributed by atoms with Crippen LogP contribution in [0.5, 0.6) is 11.5 Å². The summed E-state index contributed by atoms with van der Waals surface area (Å²) in [6.07, 6.45) is 5.41. The van der Waals surface area contributed by atoms with E-state index in [2.05, 4.69) is 11.4 Å². The van der Waals surface area contributed by atoms with Gasteiger partial charge in [0.05, 0.1) is 19.1 Å². The number of hydrogen-bond donors (Lipinski definition) is 1. The van der Waals surface area contributed by atoms with Gasteiger partial charge in [-0.05, 0) is 67.5 Å². The van der Waals surface area contributed by atoms with Crippen LogP contribution in [-0.2, 0) is 19.3 Å². The van der Waals surface area contributed by atoms with Crippen molar-refractivity contribution in [3.63, 3.8) is 0 Å². The molecule has 0 atom stereocenters. The molecule has 1 amide bonds. The summed E-state index contributed by atoms with van der Waals surface area (Å²) in [7, 11) is 3.30. The fraction of sp³-hybridized carbons (Fsp3) is 0.421. The number of hydrogen-bond acceptors (Lipinski definition) is 4. The summed E-state index contributed by atoms with van der Waals surface area (Å²) < 4.78 is 10.6. The summed E-state index contributed by atoms with van der Waals surface area (Å²) >= 11 is 1.65. The number of carbonyl (C=O) groups is 1. The minimum absolute atomic E-state index is 0.0243. The average Bonchev–Trinajstić information content (AvgIpc) is 3.05. The number of thiophene rings is 1. The Balaban J connectivity index is 1.60. The molecule has 0 aliphatic heterocycles. The second-order valence-electron chi connectivity index (χ2n) is 5.95. The fourth-order valence-corrected chi connectivity index (χ4v) is 4.25. The highest BCUT2D eigenvalue weighted by atomic mass is 32.1. The third kappa shape index (κ3) is 3.73. The molecule has 3 rings (SSSR count). The van der Waals surface area contributed by atoms with E-state index in [1.54, 1.807) is 25.6 Å². The smallest absolute Gasteiger partial charge is 0.261 e. The molecule has 1 aromatic carbocycles. The SMILES string of the molecule is COc1ccc(OC)c(CCNC(=O)c2cc3c(s2)CCCC3)c1. The maximum atomic E-state index is 12.4. The minimum Gasteiger partial charge on any atom is -0.497 e. The second kappa shape index (κ2) is 7.71. The summed E-state index contributed by atoms with van der Waals surface area (Å²) in [5.74, 6) is 1.64. The monoisotopic (exact) mass is 345 g/mol. The molecule has 1 aromatic heterocycles. The zero-order chi connectivity index (χ0) is 16.9. The summed E-state index contributed by atoms with van der Waals surface area (Å²) in [6, 6.07) is 7.79. The van der Waals surface area contributed by atoms with Gasteiger partial charge >= 0.3 is 0 Å². The van der Waals surface area contributed by atoms with E-state index in [0.29, 0.717) is 13.0 Å². The molecule has 24 heavy (non-hydrogen) atoms. The molecule has 0 unspecified atom stereocenters. The molecule has 2 aromatic rings. The third-order valence-corrected chi connectivity index (χ3v) is 5.62. The lowest BCUT2D eigenvalue weighted by molar-refractivity contribution is 0.0958. The van der Waals surface area contributed by atoms with E-state index in [1.807, 2.05) is 18.2 Å². The van der Waals surface area contributed by atoms with Crippen LogP contribution >= 0.6 is 11.3 Å². The molecule has 0 saturated carbocycles. The predicted octanol–water partition coefficient (Wildman–Crippen LogP) is 3.62. The zero-order valence-electron chi connectivity index (χ0n) is 14.2. The number of nitrogens with one attached hydrogen (secondary N) is 1. The van der Waals surface area contributed by atoms with E-state index in [1.165, 1.54) is 23.3 Å². The summed E-state index contributed by atoms with van der Waals surface area (Å²) in [6.45, 7) is 0.574. The van der Waals surface area contributed by atoms with E-state index in [9.17, 15) is 4.79 Å². The molecule has 1 aliphatic rings. The van der Waals surface area contributed by atoms with Crippen LogP contribution < -0.4 is 14.8 Å². The van der Waals surface area contributed by atoms with Crippen molar-refractivity contribution in [3.8, 4) is 11.5 Å². The molecule has 0 spiro atoms. The highest BCUT2D eigenvalue weighted by Crippen LogP contribution is 2.29. The van der Waals surface area contributed by atoms with Crippen LogP contribution in [0.3, 0.4) is 0 Å². The van der Waals surface area contributed by atoms with Crippen molar-refractivity contribution >= 4 is 17.2 Å². The summed E-state index contributed by atoms with van der Waals surface area (Å²) in [5.41, 5.74) is 2.40. The van der Waals surface area contributed by atoms with Crippen LogP contribution in [0.1, 0.15) is 38.5 Å². The average molecular weight is 345 g/mol. The molecular formula is C19H23NO3S. The van der Waals surface area contributed by atoms with Gasteiger partial charge in [0.1, 0.15) is 11.5 Å². The molecule has 128 valence electrons. The Labute approximate surface area is 146 Å². The number of fused-ring (bicyclic) bond motifs is 1. The number of benzene rings is 1. The molecule has 5 heteroatoms. The molecule has 4 nitrogen and oxygen atoms in total. The largest absolute Gasteiger partial charge is 0.497 e. The normalized spacial score (nSPS) is 13.2. The fourth-order valence-electron chi connectivity index (χ4n) is 3.08. The maximum Gasteiger partial charge on any atom is 0.261 e. The van der Waals surface area contributed by atoms with Crippen molar-refractivity contribution in [1.82, 2.24) is 5.32 Å². The second-order valence-corrected chi connectivity index (χ2v) is 7.09. The van der Waals surface area contributed by atoms with E-state index in [-0.39, 0.29) is 5.91 Å². The summed E-state index contributed by atoms with van der Waals surface area (Å²) in [5, 5.41) is 3.02. The lowest BCUT2D eigenvalue weighted by atomic mass is 9.99. The van der Waals surface area contributed by atoms with Crippen LogP contribution in [0.2, 0.25) is 0 Å². The maximum absolute atomic E-state index is 12.4. The van der Waals surface area contributed by atoms with Gasteiger partial charge in [0.25, 0.3) is 5.91 Å². The molecule has 0 saturated heterocycles. The number of ether oxygens (including phenoxy) is 2. The van der Waals surface area contributed by atoms with Crippen molar-refractivity contribution in [2.45, 2.75) is 32.1 Å². The van der Waals surface area contributed by atoms with Crippen molar-refractivity contribution in [3.05, 3.63) is 45.1 Å². The molecule has 1 heterocycles. The molecular weight excluding hydrogens is 322 g/mol. The predicted molar refractivity (Wildman–Crippen MR) is 96.5 cm³/mol. The number of methoxy groups -OCH3 is 2. The van der Waals surface area contributed by atoms with Crippen molar-refractivity contribution in [2.75, 3.05) is 20.8 Å². The topological polar surface area (TPSA) is 47.6 Å². The van der Waals surface area contributed by atoms with Gasteiger partial charge in [-0.15, -0.1) is 11.3 Å². The first-order valence-electron chi connectivity index (χ1n) is 8.32. The van der Waals surface area contributed by atoms with Crippen molar-refractivity contribution < 1.29 is 14.3 Å². The molecule has 1 N–H and O–H groups in total. The molecule has 0 bridgehead atoms. The van der Waals surface area contributed by atoms with Gasteiger partial charge in [0, 0.05) is 11.4 Å². The van der Waals surface area contributed by atoms with E-state index < -0.39 is 0 Å². The Kier molecular flexibility index (Phi) is 5.41. The Bertz CT molecular complexity index is 700. The molecule has 1 aliphatic carbocycles. The van der Waals surface area contributed by atoms with Crippen LogP contribution in [0.15, 0.2) is 24.3 Å². The van der Waals surface area contributed by atoms with Crippen molar-refractivity contribution in [1.29, 1.82) is 0 Å². The highest BCUT2D eigenvalue weighted by molar-refractivity contribution is 7.14. The lowest BCUT2D eigenvalue weighted by Gasteiger charge is -2.10. The zero-order valence-corrected chi connectivity index (χ0v) is 15.0. The van der Waals surface area contributed by atoms with E-state index >= 15 is 0 Å². The summed E-state index contributed by atoms with van der Waals surface area (Å²) in [4.78, 5) is 14.6. The number of aryl methyl sites for hydroxylation is 2. The van der Waals surface area contributed by atoms with Gasteiger partial charge < -0.3 is 14.8 Å². The Hall–Kier alpha value is -2.01. The van der Waals surface area contributed by atoms with Crippen LogP contribution in [0, 0.1) is 0 Å². The van der Waals surface area contributed by atoms with Crippen LogP contribution in [0.4, 0.5) is 0 Å². The number of amides is 1. The first kappa shape index (κ1) is 16.8. The third-order valence-electron chi connectivity index (χ3n) is 4.39. The van der Waals surface area contributed by atoms with Gasteiger partial charge in [-0.3, -0.25) is 4.79 Å². The molecule has 0 fully saturated rings. The van der Waals surface area contributed by atoms with Gasteiger partial charge in [0.15, 0.2) is 0 Å². The van der Waals surface area contributed by atoms with Gasteiger partial charge in [-0.25, -0.2) is 0 Å². The standard InChI is InChI=1S/C19H23NO3S/c1-22-15-7-8-16(23-2)13(11-15)9-10-20-19(21)18-12-14-5-3-4-6-17(14)24-18/h7-8,11-12H,3-6,9-10H2,1-2H3,(H,20,21). The lowest BCUT2D eigenvalue weighted by Crippen LogP contribution is -2.25. The Morgan fingerprint density at radius 1 is 1.17 bits per heavy atom. The van der Waals surface area contributed by atoms with Gasteiger partial charge in [-0.2, -0.15) is 0 Å².